The van der Waals surface area contributed by atoms with Gasteiger partial charge < -0.3 is 9.33 Å². The fraction of sp³-hybridized carbons (Fsp3) is 0.917. The molecule has 0 aromatic carbocycles. The molecule has 4 heteroatoms. The van der Waals surface area contributed by atoms with Crippen LogP contribution in [-0.4, -0.2) is 32.6 Å². The average molecular weight is 243 g/mol. The third kappa shape index (κ3) is 2.66. The molecule has 3 nitrogen and oxygen atoms in total. The van der Waals surface area contributed by atoms with Crippen LogP contribution in [0.1, 0.15) is 34.1 Å². The largest absolute Gasteiger partial charge is 0.403 e. The maximum atomic E-state index is 11.9. The highest BCUT2D eigenvalue weighted by Crippen LogP contribution is 2.40. The summed E-state index contributed by atoms with van der Waals surface area (Å²) in [6.45, 7) is 13.5. The molecule has 0 unspecified atom stereocenters. The Morgan fingerprint density at radius 2 is 1.94 bits per heavy atom. The van der Waals surface area contributed by atoms with Crippen molar-refractivity contribution in [2.75, 3.05) is 6.73 Å². The average Bonchev–Trinajstić information content (AvgIpc) is 2.12. The molecule has 0 spiro atoms. The number of rotatable bonds is 4. The number of carbonyl (C=O) groups excluding carboxylic acids is 1. The Bertz CT molecular complexity index is 260. The van der Waals surface area contributed by atoms with Crippen LogP contribution in [0, 0.1) is 11.3 Å². The topological polar surface area (TPSA) is 29.5 Å². The van der Waals surface area contributed by atoms with Gasteiger partial charge in [-0.1, -0.05) is 27.7 Å². The molecule has 1 aliphatic rings. The smallest absolute Gasteiger partial charge is 0.229 e. The Labute approximate surface area is 101 Å². The molecule has 2 atom stereocenters. The molecule has 1 saturated heterocycles. The van der Waals surface area contributed by atoms with Crippen molar-refractivity contribution >= 4 is 14.9 Å². The van der Waals surface area contributed by atoms with E-state index in [1.54, 1.807) is 0 Å². The molecule has 0 bridgehead atoms. The fourth-order valence-electron chi connectivity index (χ4n) is 2.46. The second-order valence-electron chi connectivity index (χ2n) is 5.98. The van der Waals surface area contributed by atoms with Crippen LogP contribution in [0.25, 0.3) is 0 Å². The van der Waals surface area contributed by atoms with Crippen molar-refractivity contribution in [2.24, 2.45) is 11.3 Å². The highest BCUT2D eigenvalue weighted by Gasteiger charge is 2.51. The Balaban J connectivity index is 2.65. The second-order valence-corrected chi connectivity index (χ2v) is 8.41. The Morgan fingerprint density at radius 1 is 1.38 bits per heavy atom. The number of amides is 1. The molecule has 1 rings (SSSR count). The summed E-state index contributed by atoms with van der Waals surface area (Å²) in [5.74, 6) is 0.481. The summed E-state index contributed by atoms with van der Waals surface area (Å²) in [6.07, 6.45) is 0.941. The number of carbonyl (C=O) groups is 1. The minimum Gasteiger partial charge on any atom is -0.403 e. The summed E-state index contributed by atoms with van der Waals surface area (Å²) < 4.78 is 5.68. The predicted molar refractivity (Wildman–Crippen MR) is 68.7 cm³/mol. The lowest BCUT2D eigenvalue weighted by Crippen LogP contribution is -2.66. The maximum Gasteiger partial charge on any atom is 0.229 e. The monoisotopic (exact) mass is 243 g/mol. The Morgan fingerprint density at radius 3 is 2.31 bits per heavy atom. The maximum absolute atomic E-state index is 11.9. The first-order valence-electron chi connectivity index (χ1n) is 6.21. The minimum absolute atomic E-state index is 0.149. The molecule has 1 aliphatic heterocycles. The third-order valence-electron chi connectivity index (χ3n) is 3.19. The van der Waals surface area contributed by atoms with Crippen LogP contribution >= 0.6 is 0 Å². The van der Waals surface area contributed by atoms with Gasteiger partial charge in [-0.25, -0.2) is 0 Å². The van der Waals surface area contributed by atoms with E-state index in [9.17, 15) is 4.79 Å². The van der Waals surface area contributed by atoms with Crippen molar-refractivity contribution < 1.29 is 9.22 Å². The summed E-state index contributed by atoms with van der Waals surface area (Å²) in [4.78, 5) is 13.8. The summed E-state index contributed by atoms with van der Waals surface area (Å²) in [5, 5.41) is 0. The fourth-order valence-corrected chi connectivity index (χ4v) is 2.92. The summed E-state index contributed by atoms with van der Waals surface area (Å²) >= 11 is 0. The molecule has 1 fully saturated rings. The lowest BCUT2D eigenvalue weighted by atomic mass is 9.71. The first kappa shape index (κ1) is 13.7. The first-order valence-corrected chi connectivity index (χ1v) is 8.99. The molecule has 0 aliphatic carbocycles. The molecule has 1 amide bonds. The Hall–Kier alpha value is -0.353. The van der Waals surface area contributed by atoms with Crippen molar-refractivity contribution in [1.82, 2.24) is 4.90 Å². The van der Waals surface area contributed by atoms with Crippen LogP contribution < -0.4 is 0 Å². The highest BCUT2D eigenvalue weighted by molar-refractivity contribution is 6.48. The standard InChI is InChI=1S/C12H25NO2Si/c1-7-9-10(12(2,3)4)13(11(9)14)8-15-16(5)6/h9-10,16H,7-8H2,1-6H3/t9-,10-/m1/s1. The first-order chi connectivity index (χ1) is 7.29. The zero-order valence-electron chi connectivity index (χ0n) is 11.4. The van der Waals surface area contributed by atoms with E-state index in [0.29, 0.717) is 12.8 Å². The predicted octanol–water partition coefficient (Wildman–Crippen LogP) is 2.23. The molecule has 0 aromatic heterocycles. The highest BCUT2D eigenvalue weighted by atomic mass is 28.3. The minimum atomic E-state index is -1.04. The number of hydrogen-bond acceptors (Lipinski definition) is 2. The van der Waals surface area contributed by atoms with Gasteiger partial charge in [-0.2, -0.15) is 0 Å². The van der Waals surface area contributed by atoms with Crippen molar-refractivity contribution in [3.63, 3.8) is 0 Å². The number of hydrogen-bond donors (Lipinski definition) is 0. The molecule has 1 heterocycles. The van der Waals surface area contributed by atoms with Crippen molar-refractivity contribution in [3.05, 3.63) is 0 Å². The van der Waals surface area contributed by atoms with Gasteiger partial charge in [0.25, 0.3) is 0 Å². The van der Waals surface area contributed by atoms with Crippen LogP contribution in [-0.2, 0) is 9.22 Å². The van der Waals surface area contributed by atoms with E-state index in [1.165, 1.54) is 0 Å². The summed E-state index contributed by atoms with van der Waals surface area (Å²) in [5.41, 5.74) is 0.149. The van der Waals surface area contributed by atoms with Gasteiger partial charge in [0.15, 0.2) is 9.04 Å². The molecule has 94 valence electrons. The van der Waals surface area contributed by atoms with Crippen molar-refractivity contribution in [3.8, 4) is 0 Å². The van der Waals surface area contributed by atoms with Crippen LogP contribution in [0.3, 0.4) is 0 Å². The quantitative estimate of drug-likeness (QED) is 0.560. The molecule has 0 saturated carbocycles. The van der Waals surface area contributed by atoms with Crippen LogP contribution in [0.4, 0.5) is 0 Å². The van der Waals surface area contributed by atoms with Gasteiger partial charge in [0.05, 0.1) is 12.0 Å². The van der Waals surface area contributed by atoms with Crippen molar-refractivity contribution in [1.29, 1.82) is 0 Å². The van der Waals surface area contributed by atoms with E-state index < -0.39 is 9.04 Å². The van der Waals surface area contributed by atoms with Gasteiger partial charge in [-0.3, -0.25) is 4.79 Å². The lowest BCUT2D eigenvalue weighted by Gasteiger charge is -2.53. The SMILES string of the molecule is CC[C@H]1C(=O)N(CO[SiH](C)C)[C@H]1C(C)(C)C. The summed E-state index contributed by atoms with van der Waals surface area (Å²) in [6, 6.07) is 0.345. The van der Waals surface area contributed by atoms with E-state index in [-0.39, 0.29) is 17.2 Å². The van der Waals surface area contributed by atoms with E-state index >= 15 is 0 Å². The van der Waals surface area contributed by atoms with Crippen LogP contribution in [0.2, 0.25) is 13.1 Å². The number of nitrogens with zero attached hydrogens (tertiary/aromatic N) is 1. The number of β-lactam (4-membered cyclic amide) rings is 1. The van der Waals surface area contributed by atoms with Gasteiger partial charge in [0, 0.05) is 0 Å². The van der Waals surface area contributed by atoms with Crippen molar-refractivity contribution in [2.45, 2.75) is 53.3 Å². The molecular formula is C12H25NO2Si. The lowest BCUT2D eigenvalue weighted by molar-refractivity contribution is -0.171. The Kier molecular flexibility index (Phi) is 4.18. The van der Waals surface area contributed by atoms with E-state index in [0.717, 1.165) is 6.42 Å². The number of likely N-dealkylation sites (tertiary alicyclic amines) is 1. The van der Waals surface area contributed by atoms with Gasteiger partial charge in [-0.15, -0.1) is 0 Å². The second kappa shape index (κ2) is 4.88. The van der Waals surface area contributed by atoms with Crippen LogP contribution in [0.5, 0.6) is 0 Å². The van der Waals surface area contributed by atoms with Gasteiger partial charge >= 0.3 is 0 Å². The summed E-state index contributed by atoms with van der Waals surface area (Å²) in [7, 11) is -1.04. The molecule has 0 N–H and O–H groups in total. The zero-order valence-corrected chi connectivity index (χ0v) is 12.6. The van der Waals surface area contributed by atoms with E-state index in [2.05, 4.69) is 40.8 Å². The van der Waals surface area contributed by atoms with Crippen LogP contribution in [0.15, 0.2) is 0 Å². The molecule has 0 aromatic rings. The van der Waals surface area contributed by atoms with E-state index in [1.807, 2.05) is 4.90 Å². The molecular weight excluding hydrogens is 218 g/mol. The molecule has 0 radical (unpaired) electrons. The zero-order chi connectivity index (χ0) is 12.5. The normalized spacial score (nSPS) is 26.2. The molecule has 16 heavy (non-hydrogen) atoms. The van der Waals surface area contributed by atoms with Gasteiger partial charge in [0.2, 0.25) is 5.91 Å². The van der Waals surface area contributed by atoms with Gasteiger partial charge in [0.1, 0.15) is 6.73 Å². The van der Waals surface area contributed by atoms with E-state index in [4.69, 9.17) is 4.43 Å². The third-order valence-corrected chi connectivity index (χ3v) is 4.01. The van der Waals surface area contributed by atoms with Gasteiger partial charge in [-0.05, 0) is 24.9 Å².